The van der Waals surface area contributed by atoms with Crippen LogP contribution in [0.5, 0.6) is 0 Å². The van der Waals surface area contributed by atoms with Gasteiger partial charge in [0.15, 0.2) is 0 Å². The second kappa shape index (κ2) is 6.14. The number of benzene rings is 1. The summed E-state index contributed by atoms with van der Waals surface area (Å²) in [6, 6.07) is 8.47. The molecule has 0 aliphatic rings. The predicted octanol–water partition coefficient (Wildman–Crippen LogP) is 3.28. The minimum absolute atomic E-state index is 0.441. The number of azide groups is 1. The predicted molar refractivity (Wildman–Crippen MR) is 74.9 cm³/mol. The molecule has 0 aliphatic carbocycles. The minimum Gasteiger partial charge on any atom is -0.0978 e. The highest BCUT2D eigenvalue weighted by atomic mass is 28.3. The summed E-state index contributed by atoms with van der Waals surface area (Å²) in [4.78, 5) is 2.68. The number of rotatable bonds is 3. The molecule has 0 atom stereocenters. The fourth-order valence-corrected chi connectivity index (χ4v) is 2.54. The molecule has 0 N–H and O–H groups in total. The second-order valence-corrected chi connectivity index (χ2v) is 9.91. The van der Waals surface area contributed by atoms with Crippen molar-refractivity contribution in [1.29, 1.82) is 0 Å². The highest BCUT2D eigenvalue weighted by Crippen LogP contribution is 2.03. The van der Waals surface area contributed by atoms with E-state index in [1.54, 1.807) is 0 Å². The van der Waals surface area contributed by atoms with E-state index in [0.29, 0.717) is 13.0 Å². The smallest absolute Gasteiger partial charge is 0.0775 e. The van der Waals surface area contributed by atoms with Crippen LogP contribution in [0.25, 0.3) is 10.4 Å². The quantitative estimate of drug-likeness (QED) is 0.195. The average molecular weight is 243 g/mol. The van der Waals surface area contributed by atoms with Crippen molar-refractivity contribution in [2.24, 2.45) is 5.11 Å². The van der Waals surface area contributed by atoms with E-state index in [0.717, 1.165) is 5.56 Å². The van der Waals surface area contributed by atoms with Crippen LogP contribution in [0.15, 0.2) is 29.4 Å². The first kappa shape index (κ1) is 13.4. The van der Waals surface area contributed by atoms with Crippen LogP contribution in [0, 0.1) is 11.8 Å². The standard InChI is InChI=1S/C13H17N3Si/c1-17(2,3)13-9-7-12(8-10-13)6-4-5-11-15-16-14/h7-10H,5,11H2,1-3H3. The Morgan fingerprint density at radius 1 is 1.24 bits per heavy atom. The normalized spacial score (nSPS) is 10.1. The zero-order valence-electron chi connectivity index (χ0n) is 10.6. The average Bonchev–Trinajstić information content (AvgIpc) is 2.28. The van der Waals surface area contributed by atoms with Crippen LogP contribution < -0.4 is 5.19 Å². The number of nitrogens with zero attached hydrogens (tertiary/aromatic N) is 3. The Hall–Kier alpha value is -1.69. The Kier molecular flexibility index (Phi) is 4.83. The molecule has 17 heavy (non-hydrogen) atoms. The Labute approximate surface area is 103 Å². The van der Waals surface area contributed by atoms with Crippen LogP contribution in [0.1, 0.15) is 12.0 Å². The van der Waals surface area contributed by atoms with Crippen molar-refractivity contribution < 1.29 is 0 Å². The Balaban J connectivity index is 2.65. The molecule has 0 aliphatic heterocycles. The van der Waals surface area contributed by atoms with Crippen LogP contribution >= 0.6 is 0 Å². The molecule has 0 aromatic heterocycles. The van der Waals surface area contributed by atoms with E-state index >= 15 is 0 Å². The summed E-state index contributed by atoms with van der Waals surface area (Å²) in [5, 5.41) is 4.87. The molecule has 0 bridgehead atoms. The molecule has 0 saturated heterocycles. The van der Waals surface area contributed by atoms with Gasteiger partial charge in [0, 0.05) is 23.4 Å². The van der Waals surface area contributed by atoms with Crippen molar-refractivity contribution in [3.8, 4) is 11.8 Å². The summed E-state index contributed by atoms with van der Waals surface area (Å²) in [5.74, 6) is 6.06. The van der Waals surface area contributed by atoms with Crippen LogP contribution in [0.4, 0.5) is 0 Å². The van der Waals surface area contributed by atoms with Gasteiger partial charge in [0.2, 0.25) is 0 Å². The lowest BCUT2D eigenvalue weighted by molar-refractivity contribution is 1.01. The van der Waals surface area contributed by atoms with Crippen molar-refractivity contribution in [3.63, 3.8) is 0 Å². The fraction of sp³-hybridized carbons (Fsp3) is 0.385. The van der Waals surface area contributed by atoms with Gasteiger partial charge < -0.3 is 0 Å². The summed E-state index contributed by atoms with van der Waals surface area (Å²) in [5.41, 5.74) is 9.12. The lowest BCUT2D eigenvalue weighted by atomic mass is 10.2. The van der Waals surface area contributed by atoms with Gasteiger partial charge in [-0.25, -0.2) is 0 Å². The topological polar surface area (TPSA) is 48.8 Å². The molecule has 0 heterocycles. The molecule has 3 nitrogen and oxygen atoms in total. The van der Waals surface area contributed by atoms with Crippen molar-refractivity contribution >= 4 is 13.3 Å². The van der Waals surface area contributed by atoms with Crippen molar-refractivity contribution in [3.05, 3.63) is 40.3 Å². The lowest BCUT2D eigenvalue weighted by Crippen LogP contribution is -2.37. The van der Waals surface area contributed by atoms with E-state index in [9.17, 15) is 0 Å². The molecule has 4 heteroatoms. The summed E-state index contributed by atoms with van der Waals surface area (Å²) < 4.78 is 0. The Morgan fingerprint density at radius 2 is 1.88 bits per heavy atom. The first-order chi connectivity index (χ1) is 8.04. The maximum Gasteiger partial charge on any atom is 0.0775 e. The first-order valence-electron chi connectivity index (χ1n) is 5.64. The molecule has 0 radical (unpaired) electrons. The molecule has 0 spiro atoms. The molecule has 1 aromatic carbocycles. The molecule has 0 amide bonds. The van der Waals surface area contributed by atoms with Gasteiger partial charge in [-0.05, 0) is 17.7 Å². The minimum atomic E-state index is -1.21. The molecular formula is C13H17N3Si. The maximum absolute atomic E-state index is 8.10. The zero-order valence-corrected chi connectivity index (χ0v) is 11.6. The van der Waals surface area contributed by atoms with Gasteiger partial charge in [-0.2, -0.15) is 0 Å². The van der Waals surface area contributed by atoms with E-state index in [-0.39, 0.29) is 0 Å². The van der Waals surface area contributed by atoms with Gasteiger partial charge in [0.25, 0.3) is 0 Å². The molecular weight excluding hydrogens is 226 g/mol. The third kappa shape index (κ3) is 4.77. The molecule has 0 fully saturated rings. The highest BCUT2D eigenvalue weighted by Gasteiger charge is 2.15. The summed E-state index contributed by atoms with van der Waals surface area (Å²) in [6.07, 6.45) is 0.611. The van der Waals surface area contributed by atoms with Crippen molar-refractivity contribution in [2.75, 3.05) is 6.54 Å². The SMILES string of the molecule is C[Si](C)(C)c1ccc(C#CCCN=[N+]=[N-])cc1. The van der Waals surface area contributed by atoms with E-state index in [4.69, 9.17) is 5.53 Å². The largest absolute Gasteiger partial charge is 0.0978 e. The van der Waals surface area contributed by atoms with Gasteiger partial charge in [0.1, 0.15) is 0 Å². The van der Waals surface area contributed by atoms with E-state index in [1.165, 1.54) is 5.19 Å². The fourth-order valence-electron chi connectivity index (χ4n) is 1.37. The van der Waals surface area contributed by atoms with E-state index in [1.807, 2.05) is 0 Å². The van der Waals surface area contributed by atoms with Crippen molar-refractivity contribution in [1.82, 2.24) is 0 Å². The third-order valence-electron chi connectivity index (χ3n) is 2.38. The van der Waals surface area contributed by atoms with Gasteiger partial charge in [-0.15, -0.1) is 0 Å². The van der Waals surface area contributed by atoms with Crippen LogP contribution in [0.3, 0.4) is 0 Å². The number of hydrogen-bond acceptors (Lipinski definition) is 1. The lowest BCUT2D eigenvalue weighted by Gasteiger charge is -2.15. The number of hydrogen-bond donors (Lipinski definition) is 0. The van der Waals surface area contributed by atoms with Gasteiger partial charge in [-0.3, -0.25) is 0 Å². The molecule has 1 aromatic rings. The van der Waals surface area contributed by atoms with Crippen LogP contribution in [-0.2, 0) is 0 Å². The Bertz CT molecular complexity index is 468. The summed E-state index contributed by atoms with van der Waals surface area (Å²) in [7, 11) is -1.21. The molecule has 1 rings (SSSR count). The second-order valence-electron chi connectivity index (χ2n) is 4.83. The monoisotopic (exact) mass is 243 g/mol. The molecule has 0 unspecified atom stereocenters. The maximum atomic E-state index is 8.10. The third-order valence-corrected chi connectivity index (χ3v) is 4.45. The van der Waals surface area contributed by atoms with E-state index in [2.05, 4.69) is 65.8 Å². The Morgan fingerprint density at radius 3 is 2.41 bits per heavy atom. The van der Waals surface area contributed by atoms with Gasteiger partial charge >= 0.3 is 0 Å². The van der Waals surface area contributed by atoms with Crippen LogP contribution in [-0.4, -0.2) is 14.6 Å². The van der Waals surface area contributed by atoms with Gasteiger partial charge in [-0.1, -0.05) is 53.9 Å². The molecule has 0 saturated carbocycles. The zero-order chi connectivity index (χ0) is 12.7. The summed E-state index contributed by atoms with van der Waals surface area (Å²) >= 11 is 0. The molecule has 88 valence electrons. The first-order valence-corrected chi connectivity index (χ1v) is 9.14. The van der Waals surface area contributed by atoms with E-state index < -0.39 is 8.07 Å². The van der Waals surface area contributed by atoms with Gasteiger partial charge in [0.05, 0.1) is 8.07 Å². The summed E-state index contributed by atoms with van der Waals surface area (Å²) in [6.45, 7) is 7.42. The van der Waals surface area contributed by atoms with Crippen molar-refractivity contribution in [2.45, 2.75) is 26.1 Å². The van der Waals surface area contributed by atoms with Crippen LogP contribution in [0.2, 0.25) is 19.6 Å². The highest BCUT2D eigenvalue weighted by molar-refractivity contribution is 6.88.